The zero-order chi connectivity index (χ0) is 10.7. The Labute approximate surface area is 90.3 Å². The summed E-state index contributed by atoms with van der Waals surface area (Å²) in [6, 6.07) is 10.1. The van der Waals surface area contributed by atoms with Crippen molar-refractivity contribution in [2.24, 2.45) is 5.92 Å². The lowest BCUT2D eigenvalue weighted by Crippen LogP contribution is -2.44. The van der Waals surface area contributed by atoms with Crippen molar-refractivity contribution in [2.75, 3.05) is 6.61 Å². The van der Waals surface area contributed by atoms with Gasteiger partial charge in [0.05, 0.1) is 6.10 Å². The summed E-state index contributed by atoms with van der Waals surface area (Å²) in [7, 11) is 0. The third-order valence-corrected chi connectivity index (χ3v) is 2.94. The zero-order valence-electron chi connectivity index (χ0n) is 8.98. The van der Waals surface area contributed by atoms with Crippen LogP contribution in [0.2, 0.25) is 0 Å². The van der Waals surface area contributed by atoms with E-state index in [0.717, 1.165) is 6.42 Å². The molecule has 1 aliphatic rings. The fourth-order valence-electron chi connectivity index (χ4n) is 2.04. The molecule has 1 aromatic carbocycles. The van der Waals surface area contributed by atoms with Crippen LogP contribution < -0.4 is 0 Å². The molecule has 2 nitrogen and oxygen atoms in total. The third-order valence-electron chi connectivity index (χ3n) is 2.94. The molecule has 1 aromatic rings. The minimum absolute atomic E-state index is 0.0901. The number of hydrogen-bond donors (Lipinski definition) is 0. The second kappa shape index (κ2) is 4.58. The van der Waals surface area contributed by atoms with Crippen molar-refractivity contribution in [3.63, 3.8) is 0 Å². The van der Waals surface area contributed by atoms with E-state index in [1.54, 1.807) is 0 Å². The van der Waals surface area contributed by atoms with Gasteiger partial charge in [-0.05, 0) is 18.9 Å². The first-order valence-corrected chi connectivity index (χ1v) is 5.49. The first-order valence-electron chi connectivity index (χ1n) is 5.49. The van der Waals surface area contributed by atoms with Crippen molar-refractivity contribution < 1.29 is 9.53 Å². The normalized spacial score (nSPS) is 25.0. The number of rotatable bonds is 4. The molecule has 1 fully saturated rings. The molecule has 0 saturated heterocycles. The highest BCUT2D eigenvalue weighted by molar-refractivity contribution is 5.88. The number of ether oxygens (including phenoxy) is 1. The van der Waals surface area contributed by atoms with Gasteiger partial charge in [-0.2, -0.15) is 0 Å². The minimum atomic E-state index is 0.0901. The van der Waals surface area contributed by atoms with Gasteiger partial charge < -0.3 is 4.74 Å². The Morgan fingerprint density at radius 2 is 2.07 bits per heavy atom. The largest absolute Gasteiger partial charge is 0.377 e. The van der Waals surface area contributed by atoms with Crippen LogP contribution in [-0.2, 0) is 16.0 Å². The van der Waals surface area contributed by atoms with Gasteiger partial charge in [0, 0.05) is 18.9 Å². The maximum Gasteiger partial charge on any atom is 0.141 e. The monoisotopic (exact) mass is 204 g/mol. The fraction of sp³-hybridized carbons (Fsp3) is 0.462. The molecular weight excluding hydrogens is 188 g/mol. The lowest BCUT2D eigenvalue weighted by atomic mass is 9.76. The van der Waals surface area contributed by atoms with Gasteiger partial charge in [-0.25, -0.2) is 0 Å². The van der Waals surface area contributed by atoms with Gasteiger partial charge in [-0.1, -0.05) is 30.3 Å². The van der Waals surface area contributed by atoms with Crippen LogP contribution >= 0.6 is 0 Å². The van der Waals surface area contributed by atoms with E-state index in [9.17, 15) is 4.79 Å². The second-order valence-electron chi connectivity index (χ2n) is 3.96. The molecule has 1 aliphatic carbocycles. The Morgan fingerprint density at radius 1 is 1.33 bits per heavy atom. The summed E-state index contributed by atoms with van der Waals surface area (Å²) in [4.78, 5) is 11.4. The van der Waals surface area contributed by atoms with E-state index < -0.39 is 0 Å². The lowest BCUT2D eigenvalue weighted by molar-refractivity contribution is -0.144. The number of hydrogen-bond acceptors (Lipinski definition) is 2. The van der Waals surface area contributed by atoms with Crippen LogP contribution in [0.15, 0.2) is 30.3 Å². The molecule has 2 rings (SSSR count). The third kappa shape index (κ3) is 2.26. The Bertz CT molecular complexity index is 332. The maximum atomic E-state index is 11.4. The van der Waals surface area contributed by atoms with E-state index in [0.29, 0.717) is 18.8 Å². The standard InChI is InChI=1S/C13H16O2/c1-2-15-13-9-12(14)11(13)8-10-6-4-3-5-7-10/h3-7,11,13H,2,8-9H2,1H3/t11-,13-/m1/s1. The summed E-state index contributed by atoms with van der Waals surface area (Å²) >= 11 is 0. The summed E-state index contributed by atoms with van der Waals surface area (Å²) in [5, 5.41) is 0. The molecular formula is C13H16O2. The SMILES string of the molecule is CCO[C@@H]1CC(=O)[C@H]1Cc1ccccc1. The second-order valence-corrected chi connectivity index (χ2v) is 3.96. The highest BCUT2D eigenvalue weighted by atomic mass is 16.5. The van der Waals surface area contributed by atoms with Gasteiger partial charge in [-0.3, -0.25) is 4.79 Å². The Hall–Kier alpha value is -1.15. The smallest absolute Gasteiger partial charge is 0.141 e. The summed E-state index contributed by atoms with van der Waals surface area (Å²) in [5.41, 5.74) is 1.22. The number of Topliss-reactive ketones (excluding diaryl/α,β-unsaturated/α-hetero) is 1. The van der Waals surface area contributed by atoms with Crippen LogP contribution in [0.25, 0.3) is 0 Å². The zero-order valence-corrected chi connectivity index (χ0v) is 8.98. The Balaban J connectivity index is 1.96. The summed E-state index contributed by atoms with van der Waals surface area (Å²) in [6.45, 7) is 2.67. The average Bonchev–Trinajstić information content (AvgIpc) is 2.27. The van der Waals surface area contributed by atoms with E-state index in [2.05, 4.69) is 12.1 Å². The molecule has 2 heteroatoms. The van der Waals surface area contributed by atoms with Gasteiger partial charge in [-0.15, -0.1) is 0 Å². The predicted molar refractivity (Wildman–Crippen MR) is 58.7 cm³/mol. The number of carbonyl (C=O) groups is 1. The van der Waals surface area contributed by atoms with Crippen LogP contribution in [0.4, 0.5) is 0 Å². The number of ketones is 1. The molecule has 0 bridgehead atoms. The number of carbonyl (C=O) groups excluding carboxylic acids is 1. The molecule has 0 aromatic heterocycles. The molecule has 0 heterocycles. The fourth-order valence-corrected chi connectivity index (χ4v) is 2.04. The molecule has 2 atom stereocenters. The first kappa shape index (κ1) is 10.4. The summed E-state index contributed by atoms with van der Waals surface area (Å²) < 4.78 is 5.51. The highest BCUT2D eigenvalue weighted by Gasteiger charge is 2.39. The van der Waals surface area contributed by atoms with Crippen LogP contribution in [-0.4, -0.2) is 18.5 Å². The average molecular weight is 204 g/mol. The molecule has 0 spiro atoms. The van der Waals surface area contributed by atoms with E-state index >= 15 is 0 Å². The van der Waals surface area contributed by atoms with Crippen molar-refractivity contribution in [1.82, 2.24) is 0 Å². The molecule has 15 heavy (non-hydrogen) atoms. The highest BCUT2D eigenvalue weighted by Crippen LogP contribution is 2.29. The molecule has 0 amide bonds. The van der Waals surface area contributed by atoms with Crippen LogP contribution in [0.1, 0.15) is 18.9 Å². The molecule has 0 N–H and O–H groups in total. The summed E-state index contributed by atoms with van der Waals surface area (Å²) in [5.74, 6) is 0.435. The van der Waals surface area contributed by atoms with Crippen LogP contribution in [0.3, 0.4) is 0 Å². The van der Waals surface area contributed by atoms with Crippen LogP contribution in [0, 0.1) is 5.92 Å². The molecule has 0 radical (unpaired) electrons. The predicted octanol–water partition coefficient (Wildman–Crippen LogP) is 2.22. The van der Waals surface area contributed by atoms with Crippen LogP contribution in [0.5, 0.6) is 0 Å². The van der Waals surface area contributed by atoms with E-state index in [-0.39, 0.29) is 12.0 Å². The van der Waals surface area contributed by atoms with Crippen molar-refractivity contribution in [2.45, 2.75) is 25.9 Å². The molecule has 1 saturated carbocycles. The van der Waals surface area contributed by atoms with Crippen molar-refractivity contribution >= 4 is 5.78 Å². The van der Waals surface area contributed by atoms with Gasteiger partial charge in [0.2, 0.25) is 0 Å². The quantitative estimate of drug-likeness (QED) is 0.751. The topological polar surface area (TPSA) is 26.3 Å². The molecule has 80 valence electrons. The maximum absolute atomic E-state index is 11.4. The van der Waals surface area contributed by atoms with E-state index in [1.165, 1.54) is 5.56 Å². The molecule has 0 aliphatic heterocycles. The van der Waals surface area contributed by atoms with Crippen molar-refractivity contribution in [3.8, 4) is 0 Å². The first-order chi connectivity index (χ1) is 7.31. The Kier molecular flexibility index (Phi) is 3.17. The minimum Gasteiger partial charge on any atom is -0.377 e. The Morgan fingerprint density at radius 3 is 2.67 bits per heavy atom. The lowest BCUT2D eigenvalue weighted by Gasteiger charge is -2.34. The van der Waals surface area contributed by atoms with E-state index in [4.69, 9.17) is 4.74 Å². The molecule has 0 unspecified atom stereocenters. The van der Waals surface area contributed by atoms with Gasteiger partial charge in [0.1, 0.15) is 5.78 Å². The number of benzene rings is 1. The van der Waals surface area contributed by atoms with E-state index in [1.807, 2.05) is 25.1 Å². The van der Waals surface area contributed by atoms with Crippen molar-refractivity contribution in [1.29, 1.82) is 0 Å². The van der Waals surface area contributed by atoms with Crippen molar-refractivity contribution in [3.05, 3.63) is 35.9 Å². The van der Waals surface area contributed by atoms with Gasteiger partial charge in [0.15, 0.2) is 0 Å². The van der Waals surface area contributed by atoms with Gasteiger partial charge in [0.25, 0.3) is 0 Å². The summed E-state index contributed by atoms with van der Waals surface area (Å²) in [6.07, 6.45) is 1.58. The van der Waals surface area contributed by atoms with Gasteiger partial charge >= 0.3 is 0 Å².